The fourth-order valence-corrected chi connectivity index (χ4v) is 3.70. The Morgan fingerprint density at radius 3 is 2.62 bits per heavy atom. The number of hydrogen-bond acceptors (Lipinski definition) is 4. The van der Waals surface area contributed by atoms with Crippen LogP contribution >= 0.6 is 11.6 Å². The van der Waals surface area contributed by atoms with E-state index in [1.165, 1.54) is 6.08 Å². The number of hydrogen-bond donors (Lipinski definition) is 0. The molecule has 1 amide bonds. The minimum atomic E-state index is -0.782. The number of amides is 1. The summed E-state index contributed by atoms with van der Waals surface area (Å²) in [6.45, 7) is 7.47. The Balaban J connectivity index is 1.65. The molecule has 154 valence electrons. The zero-order valence-corrected chi connectivity index (χ0v) is 17.8. The molecule has 0 saturated carbocycles. The topological polar surface area (TPSA) is 64.4 Å². The van der Waals surface area contributed by atoms with Gasteiger partial charge < -0.3 is 9.64 Å². The summed E-state index contributed by atoms with van der Waals surface area (Å²) in [5, 5.41) is 5.25. The van der Waals surface area contributed by atoms with Crippen molar-refractivity contribution in [3.05, 3.63) is 57.9 Å². The highest BCUT2D eigenvalue weighted by molar-refractivity contribution is 6.31. The summed E-state index contributed by atoms with van der Waals surface area (Å²) in [5.74, 6) is -0.674. The van der Waals surface area contributed by atoms with Crippen molar-refractivity contribution in [1.29, 1.82) is 0 Å². The fraction of sp³-hybridized carbons (Fsp3) is 0.409. The lowest BCUT2D eigenvalue weighted by Crippen LogP contribution is -2.37. The predicted octanol–water partition coefficient (Wildman–Crippen LogP) is 3.77. The number of likely N-dealkylation sites (tertiary alicyclic amines) is 1. The van der Waals surface area contributed by atoms with Gasteiger partial charge in [0.15, 0.2) is 6.10 Å². The third-order valence-corrected chi connectivity index (χ3v) is 5.53. The van der Waals surface area contributed by atoms with E-state index in [4.69, 9.17) is 16.3 Å². The van der Waals surface area contributed by atoms with Crippen molar-refractivity contribution in [2.75, 3.05) is 13.1 Å². The van der Waals surface area contributed by atoms with Crippen LogP contribution in [0.5, 0.6) is 0 Å². The summed E-state index contributed by atoms with van der Waals surface area (Å²) in [6.07, 6.45) is 4.27. The summed E-state index contributed by atoms with van der Waals surface area (Å²) >= 11 is 6.25. The second kappa shape index (κ2) is 9.27. The van der Waals surface area contributed by atoms with Gasteiger partial charge in [0.25, 0.3) is 5.91 Å². The molecule has 0 N–H and O–H groups in total. The van der Waals surface area contributed by atoms with E-state index in [0.717, 1.165) is 48.4 Å². The number of carbonyl (C=O) groups excluding carboxylic acids is 2. The summed E-state index contributed by atoms with van der Waals surface area (Å²) in [4.78, 5) is 26.2. The number of esters is 1. The van der Waals surface area contributed by atoms with Gasteiger partial charge in [-0.05, 0) is 51.3 Å². The van der Waals surface area contributed by atoms with Crippen LogP contribution in [0.4, 0.5) is 0 Å². The van der Waals surface area contributed by atoms with Gasteiger partial charge in [-0.25, -0.2) is 4.79 Å². The first kappa shape index (κ1) is 21.1. The lowest BCUT2D eigenvalue weighted by atomic mass is 10.1. The molecule has 0 bridgehead atoms. The molecule has 3 rings (SSSR count). The minimum absolute atomic E-state index is 0.135. The number of nitrogens with zero attached hydrogens (tertiary/aromatic N) is 3. The Hall–Kier alpha value is -2.60. The Labute approximate surface area is 176 Å². The van der Waals surface area contributed by atoms with E-state index >= 15 is 0 Å². The maximum absolute atomic E-state index is 12.3. The van der Waals surface area contributed by atoms with Crippen LogP contribution < -0.4 is 0 Å². The third kappa shape index (κ3) is 5.07. The Bertz CT molecular complexity index is 929. The number of ether oxygens (including phenoxy) is 1. The Morgan fingerprint density at radius 1 is 1.24 bits per heavy atom. The number of benzene rings is 1. The van der Waals surface area contributed by atoms with Crippen LogP contribution in [-0.2, 0) is 20.9 Å². The summed E-state index contributed by atoms with van der Waals surface area (Å²) < 4.78 is 7.14. The average Bonchev–Trinajstić information content (AvgIpc) is 3.31. The van der Waals surface area contributed by atoms with Crippen molar-refractivity contribution in [1.82, 2.24) is 14.7 Å². The van der Waals surface area contributed by atoms with Gasteiger partial charge in [-0.15, -0.1) is 0 Å². The minimum Gasteiger partial charge on any atom is -0.449 e. The Morgan fingerprint density at radius 2 is 1.93 bits per heavy atom. The standard InChI is InChI=1S/C22H26ClN3O3/c1-15-19(16(2)26(24-15)14-18-8-4-5-9-20(18)23)10-11-21(27)29-17(3)22(28)25-12-6-7-13-25/h4-5,8-11,17H,6-7,12-14H2,1-3H3/b11-10+. The number of rotatable bonds is 6. The fourth-order valence-electron chi connectivity index (χ4n) is 3.50. The van der Waals surface area contributed by atoms with Gasteiger partial charge in [-0.1, -0.05) is 29.8 Å². The zero-order valence-electron chi connectivity index (χ0n) is 17.0. The van der Waals surface area contributed by atoms with E-state index in [1.54, 1.807) is 17.9 Å². The van der Waals surface area contributed by atoms with Crippen molar-refractivity contribution in [3.63, 3.8) is 0 Å². The van der Waals surface area contributed by atoms with Gasteiger partial charge in [0.05, 0.1) is 12.2 Å². The zero-order chi connectivity index (χ0) is 21.0. The van der Waals surface area contributed by atoms with Gasteiger partial charge in [-0.2, -0.15) is 5.10 Å². The molecule has 1 unspecified atom stereocenters. The second-order valence-electron chi connectivity index (χ2n) is 7.28. The molecule has 29 heavy (non-hydrogen) atoms. The molecule has 1 aromatic heterocycles. The van der Waals surface area contributed by atoms with Gasteiger partial charge in [0.2, 0.25) is 0 Å². The smallest absolute Gasteiger partial charge is 0.331 e. The molecule has 2 heterocycles. The van der Waals surface area contributed by atoms with Crippen molar-refractivity contribution in [2.24, 2.45) is 0 Å². The molecule has 6 nitrogen and oxygen atoms in total. The van der Waals surface area contributed by atoms with E-state index in [0.29, 0.717) is 11.6 Å². The predicted molar refractivity (Wildman–Crippen MR) is 113 cm³/mol. The van der Waals surface area contributed by atoms with Crippen LogP contribution in [0.3, 0.4) is 0 Å². The molecule has 1 aliphatic rings. The highest BCUT2D eigenvalue weighted by Crippen LogP contribution is 2.20. The third-order valence-electron chi connectivity index (χ3n) is 5.16. The summed E-state index contributed by atoms with van der Waals surface area (Å²) in [5.41, 5.74) is 3.56. The molecule has 1 saturated heterocycles. The first-order valence-electron chi connectivity index (χ1n) is 9.81. The molecular formula is C22H26ClN3O3. The summed E-state index contributed by atoms with van der Waals surface area (Å²) in [6, 6.07) is 7.64. The number of carbonyl (C=O) groups is 2. The highest BCUT2D eigenvalue weighted by Gasteiger charge is 2.25. The number of aromatic nitrogens is 2. The molecule has 1 fully saturated rings. The molecule has 1 aromatic carbocycles. The number of halogens is 1. The molecule has 0 spiro atoms. The van der Waals surface area contributed by atoms with Gasteiger partial charge >= 0.3 is 5.97 Å². The molecule has 7 heteroatoms. The SMILES string of the molecule is Cc1nn(Cc2ccccc2Cl)c(C)c1/C=C/C(=O)OC(C)C(=O)N1CCCC1. The lowest BCUT2D eigenvalue weighted by molar-refractivity contribution is -0.154. The van der Waals surface area contributed by atoms with E-state index in [9.17, 15) is 9.59 Å². The molecule has 0 aliphatic carbocycles. The maximum atomic E-state index is 12.3. The normalized spacial score (nSPS) is 15.1. The van der Waals surface area contributed by atoms with Crippen LogP contribution in [-0.4, -0.2) is 45.8 Å². The first-order chi connectivity index (χ1) is 13.9. The average molecular weight is 416 g/mol. The molecule has 1 atom stereocenters. The number of aryl methyl sites for hydroxylation is 1. The molecule has 2 aromatic rings. The van der Waals surface area contributed by atoms with E-state index in [1.807, 2.05) is 42.8 Å². The molecular weight excluding hydrogens is 390 g/mol. The quantitative estimate of drug-likeness (QED) is 0.532. The second-order valence-corrected chi connectivity index (χ2v) is 7.69. The largest absolute Gasteiger partial charge is 0.449 e. The van der Waals surface area contributed by atoms with Crippen LogP contribution in [0.1, 0.15) is 42.3 Å². The summed E-state index contributed by atoms with van der Waals surface area (Å²) in [7, 11) is 0. The lowest BCUT2D eigenvalue weighted by Gasteiger charge is -2.19. The van der Waals surface area contributed by atoms with Gasteiger partial charge in [-0.3, -0.25) is 9.48 Å². The van der Waals surface area contributed by atoms with Crippen LogP contribution in [0.2, 0.25) is 5.02 Å². The van der Waals surface area contributed by atoms with Gasteiger partial charge in [0, 0.05) is 35.4 Å². The van der Waals surface area contributed by atoms with Crippen molar-refractivity contribution in [2.45, 2.75) is 46.3 Å². The maximum Gasteiger partial charge on any atom is 0.331 e. The Kier molecular flexibility index (Phi) is 6.75. The molecule has 1 aliphatic heterocycles. The molecule has 0 radical (unpaired) electrons. The van der Waals surface area contributed by atoms with E-state index in [-0.39, 0.29) is 5.91 Å². The van der Waals surface area contributed by atoms with Crippen molar-refractivity contribution in [3.8, 4) is 0 Å². The highest BCUT2D eigenvalue weighted by atomic mass is 35.5. The van der Waals surface area contributed by atoms with Crippen LogP contribution in [0, 0.1) is 13.8 Å². The van der Waals surface area contributed by atoms with E-state index in [2.05, 4.69) is 5.10 Å². The first-order valence-corrected chi connectivity index (χ1v) is 10.2. The van der Waals surface area contributed by atoms with Crippen LogP contribution in [0.25, 0.3) is 6.08 Å². The monoisotopic (exact) mass is 415 g/mol. The van der Waals surface area contributed by atoms with Crippen molar-refractivity contribution >= 4 is 29.6 Å². The van der Waals surface area contributed by atoms with Crippen LogP contribution in [0.15, 0.2) is 30.3 Å². The van der Waals surface area contributed by atoms with E-state index < -0.39 is 12.1 Å². The van der Waals surface area contributed by atoms with Gasteiger partial charge in [0.1, 0.15) is 0 Å². The van der Waals surface area contributed by atoms with Crippen molar-refractivity contribution < 1.29 is 14.3 Å².